The number of unbranched alkanes of at least 4 members (excludes halogenated alkanes) is 5. The normalized spacial score (nSPS) is 12.4. The Morgan fingerprint density at radius 1 is 0.636 bits per heavy atom. The Hall–Kier alpha value is -0.0613. The van der Waals surface area contributed by atoms with Crippen molar-refractivity contribution < 1.29 is 0 Å². The van der Waals surface area contributed by atoms with E-state index < -0.39 is 18.4 Å². The second-order valence-electron chi connectivity index (χ2n) is 10.3. The molecule has 0 saturated carbocycles. The third kappa shape index (κ3) is 6.39. The number of thiophene rings is 2. The van der Waals surface area contributed by atoms with Crippen molar-refractivity contribution in [1.82, 2.24) is 0 Å². The molecule has 0 nitrogen and oxygen atoms in total. The molecule has 0 amide bonds. The summed E-state index contributed by atoms with van der Waals surface area (Å²) < 4.78 is 9.98. The predicted octanol–water partition coefficient (Wildman–Crippen LogP) is 10.9. The molecule has 0 aliphatic heterocycles. The van der Waals surface area contributed by atoms with Gasteiger partial charge in [-0.1, -0.05) is 0 Å². The van der Waals surface area contributed by atoms with E-state index in [4.69, 9.17) is 0 Å². The van der Waals surface area contributed by atoms with Gasteiger partial charge in [-0.3, -0.25) is 0 Å². The van der Waals surface area contributed by atoms with Crippen molar-refractivity contribution in [3.05, 3.63) is 28.6 Å². The summed E-state index contributed by atoms with van der Waals surface area (Å²) >= 11 is 1.90. The zero-order valence-electron chi connectivity index (χ0n) is 22.2. The Balaban J connectivity index is 2.23. The fourth-order valence-corrected chi connectivity index (χ4v) is 27.0. The summed E-state index contributed by atoms with van der Waals surface area (Å²) in [5.74, 6) is 0. The molecule has 0 atom stereocenters. The number of fused-ring (bicyclic) bond motifs is 3. The molecule has 0 radical (unpaired) electrons. The quantitative estimate of drug-likeness (QED) is 0.145. The van der Waals surface area contributed by atoms with Crippen LogP contribution >= 0.6 is 22.7 Å². The SMILES string of the molecule is CCCCc1c(CCCC)c2s[c]([Sn]([CH2]CCC)([CH2]CCC)[CH2]CCC)cc2c2ccsc12. The maximum absolute atomic E-state index is 2.77. The van der Waals surface area contributed by atoms with E-state index in [-0.39, 0.29) is 0 Å². The topological polar surface area (TPSA) is 0 Å². The number of hydrogen-bond acceptors (Lipinski definition) is 2. The first kappa shape index (κ1) is 27.5. The first-order valence-electron chi connectivity index (χ1n) is 14.1. The molecule has 0 fully saturated rings. The van der Waals surface area contributed by atoms with Gasteiger partial charge in [-0.15, -0.1) is 0 Å². The standard InChI is InChI=1S/C18H21S2.3C4H9.Sn/c1-3-5-7-13-14(8-6-4-2)18-16(10-12-20-18)15-9-11-19-17(13)15;3*1-3-4-2;/h9-11H,3-8H2,1-2H3;3*1,3-4H2,2H3;. The molecule has 3 heteroatoms. The third-order valence-electron chi connectivity index (χ3n) is 7.71. The van der Waals surface area contributed by atoms with E-state index in [9.17, 15) is 0 Å². The van der Waals surface area contributed by atoms with Crippen LogP contribution in [0.5, 0.6) is 0 Å². The molecule has 0 unspecified atom stereocenters. The monoisotopic (exact) mass is 592 g/mol. The van der Waals surface area contributed by atoms with Crippen LogP contribution in [-0.4, -0.2) is 18.4 Å². The second kappa shape index (κ2) is 13.9. The van der Waals surface area contributed by atoms with Gasteiger partial charge >= 0.3 is 218 Å². The fourth-order valence-electron chi connectivity index (χ4n) is 5.63. The Morgan fingerprint density at radius 3 is 1.67 bits per heavy atom. The van der Waals surface area contributed by atoms with Gasteiger partial charge in [0, 0.05) is 0 Å². The number of benzene rings is 1. The van der Waals surface area contributed by atoms with Crippen LogP contribution in [0.3, 0.4) is 0 Å². The zero-order valence-corrected chi connectivity index (χ0v) is 26.6. The van der Waals surface area contributed by atoms with Gasteiger partial charge in [0.15, 0.2) is 0 Å². The average Bonchev–Trinajstić information content (AvgIpc) is 3.49. The molecular formula is C30H48S2Sn. The number of aryl methyl sites for hydroxylation is 2. The first-order valence-corrected chi connectivity index (χ1v) is 23.3. The summed E-state index contributed by atoms with van der Waals surface area (Å²) in [6.45, 7) is 11.9. The molecule has 0 bridgehead atoms. The Bertz CT molecular complexity index is 958. The predicted molar refractivity (Wildman–Crippen MR) is 159 cm³/mol. The molecule has 2 aromatic heterocycles. The van der Waals surface area contributed by atoms with Crippen LogP contribution in [0.15, 0.2) is 17.5 Å². The summed E-state index contributed by atoms with van der Waals surface area (Å²) in [6, 6.07) is 5.21. The molecule has 1 aromatic carbocycles. The molecule has 0 aliphatic carbocycles. The van der Waals surface area contributed by atoms with Crippen molar-refractivity contribution in [1.29, 1.82) is 0 Å². The molecule has 0 spiro atoms. The fraction of sp³-hybridized carbons (Fsp3) is 0.667. The van der Waals surface area contributed by atoms with E-state index in [0.29, 0.717) is 0 Å². The Morgan fingerprint density at radius 2 is 1.15 bits per heavy atom. The summed E-state index contributed by atoms with van der Waals surface area (Å²) in [4.78, 5) is 0. The van der Waals surface area contributed by atoms with Gasteiger partial charge in [-0.05, 0) is 0 Å². The van der Waals surface area contributed by atoms with Gasteiger partial charge in [-0.2, -0.15) is 0 Å². The van der Waals surface area contributed by atoms with Crippen LogP contribution < -0.4 is 2.89 Å². The summed E-state index contributed by atoms with van der Waals surface area (Å²) in [7, 11) is 0. The molecular weight excluding hydrogens is 543 g/mol. The van der Waals surface area contributed by atoms with Gasteiger partial charge < -0.3 is 0 Å². The van der Waals surface area contributed by atoms with Gasteiger partial charge in [0.25, 0.3) is 0 Å². The molecule has 3 rings (SSSR count). The van der Waals surface area contributed by atoms with E-state index in [0.717, 1.165) is 0 Å². The number of hydrogen-bond donors (Lipinski definition) is 0. The minimum atomic E-state index is -2.41. The summed E-state index contributed by atoms with van der Waals surface area (Å²) in [5, 5.41) is 5.57. The van der Waals surface area contributed by atoms with Crippen LogP contribution in [0.4, 0.5) is 0 Å². The van der Waals surface area contributed by atoms with Crippen molar-refractivity contribution in [2.75, 3.05) is 0 Å². The van der Waals surface area contributed by atoms with Gasteiger partial charge in [-0.25, -0.2) is 0 Å². The first-order chi connectivity index (χ1) is 16.2. The van der Waals surface area contributed by atoms with Crippen LogP contribution in [-0.2, 0) is 12.8 Å². The minimum absolute atomic E-state index is 1.27. The summed E-state index contributed by atoms with van der Waals surface area (Å²) in [5.41, 5.74) is 3.46. The van der Waals surface area contributed by atoms with Crippen molar-refractivity contribution in [2.24, 2.45) is 0 Å². The van der Waals surface area contributed by atoms with Crippen LogP contribution in [0.1, 0.15) is 110 Å². The molecule has 0 aliphatic rings. The van der Waals surface area contributed by atoms with E-state index in [1.54, 1.807) is 44.6 Å². The van der Waals surface area contributed by atoms with E-state index >= 15 is 0 Å². The van der Waals surface area contributed by atoms with E-state index in [2.05, 4.69) is 63.5 Å². The Kier molecular flexibility index (Phi) is 11.6. The van der Waals surface area contributed by atoms with Crippen LogP contribution in [0.25, 0.3) is 20.2 Å². The molecule has 2 heterocycles. The maximum atomic E-state index is 2.77. The second-order valence-corrected chi connectivity index (χ2v) is 26.4. The van der Waals surface area contributed by atoms with Crippen LogP contribution in [0, 0.1) is 0 Å². The van der Waals surface area contributed by atoms with Gasteiger partial charge in [0.2, 0.25) is 0 Å². The molecule has 0 saturated heterocycles. The average molecular weight is 592 g/mol. The molecule has 184 valence electrons. The van der Waals surface area contributed by atoms with Crippen molar-refractivity contribution >= 4 is 64.1 Å². The summed E-state index contributed by atoms with van der Waals surface area (Å²) in [6.07, 6.45) is 16.2. The van der Waals surface area contributed by atoms with E-state index in [1.807, 2.05) is 14.2 Å². The van der Waals surface area contributed by atoms with Crippen molar-refractivity contribution in [3.8, 4) is 0 Å². The molecule has 3 aromatic rings. The van der Waals surface area contributed by atoms with Crippen molar-refractivity contribution in [2.45, 2.75) is 125 Å². The number of rotatable bonds is 16. The third-order valence-corrected chi connectivity index (χ3v) is 28.1. The van der Waals surface area contributed by atoms with Crippen molar-refractivity contribution in [3.63, 3.8) is 0 Å². The van der Waals surface area contributed by atoms with Gasteiger partial charge in [0.05, 0.1) is 0 Å². The van der Waals surface area contributed by atoms with E-state index in [1.165, 1.54) is 77.0 Å². The Labute approximate surface area is 216 Å². The zero-order chi connectivity index (χ0) is 23.7. The van der Waals surface area contributed by atoms with Crippen LogP contribution in [0.2, 0.25) is 13.3 Å². The molecule has 33 heavy (non-hydrogen) atoms. The molecule has 0 N–H and O–H groups in total. The van der Waals surface area contributed by atoms with Gasteiger partial charge in [0.1, 0.15) is 0 Å².